The van der Waals surface area contributed by atoms with Gasteiger partial charge in [0.1, 0.15) is 22.6 Å². The van der Waals surface area contributed by atoms with Crippen LogP contribution in [-0.2, 0) is 4.79 Å². The number of hydrogen-bond acceptors (Lipinski definition) is 5. The number of thioether (sulfide) groups is 1. The molecule has 0 bridgehead atoms. The average molecular weight is 378 g/mol. The summed E-state index contributed by atoms with van der Waals surface area (Å²) in [5, 5.41) is 4.70. The van der Waals surface area contributed by atoms with E-state index in [1.807, 2.05) is 55.5 Å². The molecule has 136 valence electrons. The Labute approximate surface area is 160 Å². The summed E-state index contributed by atoms with van der Waals surface area (Å²) >= 11 is 1.38. The zero-order valence-corrected chi connectivity index (χ0v) is 15.5. The fourth-order valence-electron chi connectivity index (χ4n) is 2.86. The number of rotatable bonds is 6. The number of carbonyl (C=O) groups excluding carboxylic acids is 1. The summed E-state index contributed by atoms with van der Waals surface area (Å²) in [6, 6.07) is 15.3. The quantitative estimate of drug-likeness (QED) is 0.387. The van der Waals surface area contributed by atoms with Crippen LogP contribution < -0.4 is 10.1 Å². The normalized spacial score (nSPS) is 11.0. The van der Waals surface area contributed by atoms with Crippen molar-refractivity contribution >= 4 is 45.3 Å². The van der Waals surface area contributed by atoms with Crippen molar-refractivity contribution in [1.29, 1.82) is 0 Å². The van der Waals surface area contributed by atoms with Gasteiger partial charge in [-0.3, -0.25) is 4.79 Å². The second kappa shape index (κ2) is 7.67. The predicted octanol–water partition coefficient (Wildman–Crippen LogP) is 4.24. The molecule has 6 nitrogen and oxygen atoms in total. The molecule has 7 heteroatoms. The van der Waals surface area contributed by atoms with Crippen LogP contribution in [0, 0.1) is 0 Å². The maximum Gasteiger partial charge on any atom is 0.234 e. The highest BCUT2D eigenvalue weighted by Gasteiger charge is 2.12. The van der Waals surface area contributed by atoms with Crippen LogP contribution in [0.15, 0.2) is 59.9 Å². The maximum absolute atomic E-state index is 12.3. The molecule has 0 unspecified atom stereocenters. The number of aromatic nitrogens is 3. The highest BCUT2D eigenvalue weighted by Crippen LogP contribution is 2.29. The Morgan fingerprint density at radius 3 is 2.78 bits per heavy atom. The first-order chi connectivity index (χ1) is 13.2. The molecule has 0 atom stereocenters. The number of anilines is 1. The molecule has 0 saturated carbocycles. The molecule has 2 heterocycles. The first-order valence-corrected chi connectivity index (χ1v) is 9.60. The summed E-state index contributed by atoms with van der Waals surface area (Å²) < 4.78 is 5.40. The van der Waals surface area contributed by atoms with Crippen molar-refractivity contribution < 1.29 is 9.53 Å². The second-order valence-corrected chi connectivity index (χ2v) is 6.83. The van der Waals surface area contributed by atoms with Crippen molar-refractivity contribution in [2.45, 2.75) is 11.9 Å². The molecule has 4 aromatic rings. The Morgan fingerprint density at radius 2 is 1.96 bits per heavy atom. The van der Waals surface area contributed by atoms with Crippen LogP contribution in [0.25, 0.3) is 21.9 Å². The van der Waals surface area contributed by atoms with E-state index in [2.05, 4.69) is 20.3 Å². The van der Waals surface area contributed by atoms with Crippen LogP contribution in [0.4, 0.5) is 5.69 Å². The van der Waals surface area contributed by atoms with E-state index in [0.29, 0.717) is 6.61 Å². The third kappa shape index (κ3) is 3.73. The van der Waals surface area contributed by atoms with Gasteiger partial charge in [-0.15, -0.1) is 0 Å². The molecule has 0 spiro atoms. The molecule has 4 rings (SSSR count). The van der Waals surface area contributed by atoms with Gasteiger partial charge < -0.3 is 15.0 Å². The predicted molar refractivity (Wildman–Crippen MR) is 108 cm³/mol. The van der Waals surface area contributed by atoms with Gasteiger partial charge in [-0.1, -0.05) is 30.0 Å². The van der Waals surface area contributed by atoms with Crippen LogP contribution in [0.2, 0.25) is 0 Å². The number of nitrogens with one attached hydrogen (secondary N) is 2. The smallest absolute Gasteiger partial charge is 0.234 e. The van der Waals surface area contributed by atoms with E-state index in [-0.39, 0.29) is 11.7 Å². The van der Waals surface area contributed by atoms with E-state index < -0.39 is 0 Å². The minimum Gasteiger partial charge on any atom is -0.494 e. The molecule has 2 aromatic heterocycles. The van der Waals surface area contributed by atoms with Crippen molar-refractivity contribution in [3.8, 4) is 5.75 Å². The third-order valence-electron chi connectivity index (χ3n) is 4.04. The molecule has 2 aromatic carbocycles. The Hall–Kier alpha value is -3.06. The summed E-state index contributed by atoms with van der Waals surface area (Å²) in [5.74, 6) is 0.952. The van der Waals surface area contributed by atoms with Crippen molar-refractivity contribution in [1.82, 2.24) is 15.0 Å². The second-order valence-electron chi connectivity index (χ2n) is 5.87. The van der Waals surface area contributed by atoms with Gasteiger partial charge in [0.15, 0.2) is 0 Å². The van der Waals surface area contributed by atoms with Gasteiger partial charge in [0, 0.05) is 16.6 Å². The molecule has 0 radical (unpaired) electrons. The summed E-state index contributed by atoms with van der Waals surface area (Å²) in [5.41, 5.74) is 3.48. The molecule has 0 aliphatic carbocycles. The lowest BCUT2D eigenvalue weighted by Crippen LogP contribution is -2.14. The van der Waals surface area contributed by atoms with Gasteiger partial charge in [0.05, 0.1) is 17.9 Å². The fraction of sp³-hybridized carbons (Fsp3) is 0.150. The van der Waals surface area contributed by atoms with Gasteiger partial charge in [-0.25, -0.2) is 9.97 Å². The van der Waals surface area contributed by atoms with E-state index >= 15 is 0 Å². The number of hydrogen-bond donors (Lipinski definition) is 2. The number of nitrogens with zero attached hydrogens (tertiary/aromatic N) is 2. The van der Waals surface area contributed by atoms with Gasteiger partial charge in [0.2, 0.25) is 5.91 Å². The standard InChI is InChI=1S/C20H18N4O2S/c1-2-26-14-9-7-13(8-10-14)23-17(25)11-27-20-19-18(21-12-22-20)15-5-3-4-6-16(15)24-19/h3-10,12,24H,2,11H2,1H3,(H,23,25). The molecule has 0 aliphatic heterocycles. The minimum atomic E-state index is -0.0907. The first-order valence-electron chi connectivity index (χ1n) is 8.61. The Balaban J connectivity index is 1.46. The van der Waals surface area contributed by atoms with Crippen molar-refractivity contribution in [2.75, 3.05) is 17.7 Å². The molecule has 2 N–H and O–H groups in total. The third-order valence-corrected chi connectivity index (χ3v) is 5.03. The molecular weight excluding hydrogens is 360 g/mol. The number of benzene rings is 2. The number of para-hydroxylation sites is 1. The number of H-pyrrole nitrogens is 1. The minimum absolute atomic E-state index is 0.0907. The summed E-state index contributed by atoms with van der Waals surface area (Å²) in [6.07, 6.45) is 1.54. The number of fused-ring (bicyclic) bond motifs is 3. The lowest BCUT2D eigenvalue weighted by Gasteiger charge is -2.07. The van der Waals surface area contributed by atoms with Crippen molar-refractivity contribution in [3.05, 3.63) is 54.9 Å². The van der Waals surface area contributed by atoms with Crippen LogP contribution in [0.1, 0.15) is 6.92 Å². The van der Waals surface area contributed by atoms with Crippen LogP contribution in [0.3, 0.4) is 0 Å². The zero-order chi connectivity index (χ0) is 18.6. The molecule has 0 aliphatic rings. The number of amides is 1. The van der Waals surface area contributed by atoms with Crippen molar-refractivity contribution in [2.24, 2.45) is 0 Å². The van der Waals surface area contributed by atoms with Gasteiger partial charge in [0.25, 0.3) is 0 Å². The maximum atomic E-state index is 12.3. The molecule has 1 amide bonds. The lowest BCUT2D eigenvalue weighted by atomic mass is 10.2. The zero-order valence-electron chi connectivity index (χ0n) is 14.7. The Kier molecular flexibility index (Phi) is 4.93. The molecule has 27 heavy (non-hydrogen) atoms. The molecular formula is C20H18N4O2S. The van der Waals surface area contributed by atoms with E-state index in [0.717, 1.165) is 38.4 Å². The average Bonchev–Trinajstić information content (AvgIpc) is 3.07. The largest absolute Gasteiger partial charge is 0.494 e. The van der Waals surface area contributed by atoms with E-state index in [9.17, 15) is 4.79 Å². The highest BCUT2D eigenvalue weighted by atomic mass is 32.2. The molecule has 0 fully saturated rings. The van der Waals surface area contributed by atoms with Crippen LogP contribution >= 0.6 is 11.8 Å². The van der Waals surface area contributed by atoms with E-state index in [1.165, 1.54) is 18.1 Å². The monoisotopic (exact) mass is 378 g/mol. The summed E-state index contributed by atoms with van der Waals surface area (Å²) in [7, 11) is 0. The molecule has 0 saturated heterocycles. The fourth-order valence-corrected chi connectivity index (χ4v) is 3.61. The SMILES string of the molecule is CCOc1ccc(NC(=O)CSc2ncnc3c2[nH]c2ccccc23)cc1. The Bertz CT molecular complexity index is 1090. The van der Waals surface area contributed by atoms with Gasteiger partial charge >= 0.3 is 0 Å². The van der Waals surface area contributed by atoms with Gasteiger partial charge in [-0.2, -0.15) is 0 Å². The lowest BCUT2D eigenvalue weighted by molar-refractivity contribution is -0.113. The number of carbonyl (C=O) groups is 1. The number of aromatic amines is 1. The first kappa shape index (κ1) is 17.4. The highest BCUT2D eigenvalue weighted by molar-refractivity contribution is 8.00. The van der Waals surface area contributed by atoms with Crippen LogP contribution in [0.5, 0.6) is 5.75 Å². The summed E-state index contributed by atoms with van der Waals surface area (Å²) in [4.78, 5) is 24.4. The van der Waals surface area contributed by atoms with E-state index in [4.69, 9.17) is 4.74 Å². The van der Waals surface area contributed by atoms with Gasteiger partial charge in [-0.05, 0) is 37.3 Å². The summed E-state index contributed by atoms with van der Waals surface area (Å²) in [6.45, 7) is 2.55. The Morgan fingerprint density at radius 1 is 1.15 bits per heavy atom. The topological polar surface area (TPSA) is 79.9 Å². The van der Waals surface area contributed by atoms with Crippen LogP contribution in [-0.4, -0.2) is 33.2 Å². The number of ether oxygens (including phenoxy) is 1. The van der Waals surface area contributed by atoms with Crippen molar-refractivity contribution in [3.63, 3.8) is 0 Å². The van der Waals surface area contributed by atoms with E-state index in [1.54, 1.807) is 0 Å².